The number of carbonyl (C=O) groups is 2. The fraction of sp³-hybridized carbons (Fsp3) is 0.500. The van der Waals surface area contributed by atoms with E-state index in [1.165, 1.54) is 6.08 Å². The Hall–Kier alpha value is -2.70. The summed E-state index contributed by atoms with van der Waals surface area (Å²) in [6, 6.07) is 5.46. The molecular formula is C20H30N2O5. The Kier molecular flexibility index (Phi) is 10.4. The van der Waals surface area contributed by atoms with Crippen molar-refractivity contribution < 1.29 is 23.8 Å². The lowest BCUT2D eigenvalue weighted by Crippen LogP contribution is -2.31. The van der Waals surface area contributed by atoms with Crippen LogP contribution >= 0.6 is 0 Å². The molecule has 0 radical (unpaired) electrons. The molecule has 0 saturated heterocycles. The number of carbonyl (C=O) groups excluding carboxylic acids is 2. The van der Waals surface area contributed by atoms with Crippen LogP contribution in [0.2, 0.25) is 0 Å². The number of methoxy groups -OCH3 is 1. The Morgan fingerprint density at radius 2 is 2.07 bits per heavy atom. The van der Waals surface area contributed by atoms with Crippen LogP contribution in [0.3, 0.4) is 0 Å². The minimum atomic E-state index is -0.407. The number of nitrogens with zero attached hydrogens (tertiary/aromatic N) is 1. The highest BCUT2D eigenvalue weighted by Crippen LogP contribution is 2.26. The maximum absolute atomic E-state index is 12.1. The van der Waals surface area contributed by atoms with Gasteiger partial charge in [-0.3, -0.25) is 4.79 Å². The number of nitrogens with one attached hydrogen (secondary N) is 1. The first-order chi connectivity index (χ1) is 13.0. The van der Waals surface area contributed by atoms with Crippen molar-refractivity contribution in [1.82, 2.24) is 10.2 Å². The van der Waals surface area contributed by atoms with Crippen LogP contribution in [-0.4, -0.2) is 50.3 Å². The summed E-state index contributed by atoms with van der Waals surface area (Å²) in [5.41, 5.74) is 0.839. The van der Waals surface area contributed by atoms with E-state index in [0.717, 1.165) is 5.56 Å². The predicted octanol–water partition coefficient (Wildman–Crippen LogP) is 3.13. The molecule has 0 fully saturated rings. The average molecular weight is 378 g/mol. The van der Waals surface area contributed by atoms with E-state index in [-0.39, 0.29) is 12.5 Å². The van der Waals surface area contributed by atoms with Crippen LogP contribution in [0.1, 0.15) is 32.3 Å². The molecule has 0 saturated carbocycles. The van der Waals surface area contributed by atoms with Crippen LogP contribution < -0.4 is 14.8 Å². The number of ether oxygens (including phenoxy) is 3. The van der Waals surface area contributed by atoms with Crippen molar-refractivity contribution in [3.8, 4) is 11.5 Å². The molecule has 1 aromatic carbocycles. The van der Waals surface area contributed by atoms with Crippen LogP contribution in [0.15, 0.2) is 30.9 Å². The number of rotatable bonds is 12. The first-order valence-corrected chi connectivity index (χ1v) is 9.14. The van der Waals surface area contributed by atoms with Gasteiger partial charge in [0.15, 0.2) is 0 Å². The molecule has 0 aliphatic heterocycles. The normalized spacial score (nSPS) is 10.0. The van der Waals surface area contributed by atoms with Gasteiger partial charge in [0.1, 0.15) is 18.1 Å². The van der Waals surface area contributed by atoms with Crippen LogP contribution in [0.5, 0.6) is 11.5 Å². The smallest absolute Gasteiger partial charge is 0.410 e. The predicted molar refractivity (Wildman–Crippen MR) is 104 cm³/mol. The Bertz CT molecular complexity index is 618. The highest BCUT2D eigenvalue weighted by Gasteiger charge is 2.16. The molecule has 150 valence electrons. The van der Waals surface area contributed by atoms with E-state index in [9.17, 15) is 9.59 Å². The minimum absolute atomic E-state index is 0.00841. The summed E-state index contributed by atoms with van der Waals surface area (Å²) >= 11 is 0. The topological polar surface area (TPSA) is 77.1 Å². The number of benzene rings is 1. The van der Waals surface area contributed by atoms with Gasteiger partial charge >= 0.3 is 6.09 Å². The first-order valence-electron chi connectivity index (χ1n) is 9.14. The Morgan fingerprint density at radius 3 is 2.70 bits per heavy atom. The van der Waals surface area contributed by atoms with Gasteiger partial charge in [-0.25, -0.2) is 4.79 Å². The van der Waals surface area contributed by atoms with Crippen molar-refractivity contribution in [2.45, 2.75) is 33.2 Å². The Balaban J connectivity index is 2.76. The van der Waals surface area contributed by atoms with Gasteiger partial charge in [-0.15, -0.1) is 0 Å². The van der Waals surface area contributed by atoms with Crippen molar-refractivity contribution in [2.24, 2.45) is 0 Å². The Labute approximate surface area is 161 Å². The molecule has 1 aromatic rings. The van der Waals surface area contributed by atoms with Crippen molar-refractivity contribution >= 4 is 12.0 Å². The molecule has 0 aromatic heterocycles. The highest BCUT2D eigenvalue weighted by molar-refractivity contribution is 5.75. The fourth-order valence-electron chi connectivity index (χ4n) is 2.36. The molecule has 1 N–H and O–H groups in total. The van der Waals surface area contributed by atoms with E-state index in [1.54, 1.807) is 18.1 Å². The second-order valence-corrected chi connectivity index (χ2v) is 5.76. The summed E-state index contributed by atoms with van der Waals surface area (Å²) in [7, 11) is 1.58. The van der Waals surface area contributed by atoms with E-state index in [0.29, 0.717) is 50.6 Å². The zero-order chi connectivity index (χ0) is 20.1. The van der Waals surface area contributed by atoms with Gasteiger partial charge in [-0.2, -0.15) is 0 Å². The molecule has 27 heavy (non-hydrogen) atoms. The third-order valence-electron chi connectivity index (χ3n) is 3.78. The van der Waals surface area contributed by atoms with E-state index in [1.807, 2.05) is 26.0 Å². The molecule has 0 unspecified atom stereocenters. The van der Waals surface area contributed by atoms with Gasteiger partial charge < -0.3 is 24.4 Å². The lowest BCUT2D eigenvalue weighted by Gasteiger charge is -2.22. The van der Waals surface area contributed by atoms with Crippen LogP contribution in [-0.2, 0) is 16.1 Å². The summed E-state index contributed by atoms with van der Waals surface area (Å²) in [5, 5.41) is 2.76. The molecule has 7 nitrogen and oxygen atoms in total. The molecule has 2 amide bonds. The van der Waals surface area contributed by atoms with Crippen molar-refractivity contribution in [2.75, 3.05) is 33.4 Å². The molecule has 0 atom stereocenters. The maximum atomic E-state index is 12.1. The van der Waals surface area contributed by atoms with Crippen molar-refractivity contribution in [3.05, 3.63) is 36.4 Å². The molecule has 1 rings (SSSR count). The minimum Gasteiger partial charge on any atom is -0.497 e. The second-order valence-electron chi connectivity index (χ2n) is 5.76. The summed E-state index contributed by atoms with van der Waals surface area (Å²) in [6.45, 7) is 9.34. The molecule has 7 heteroatoms. The molecule has 0 heterocycles. The Morgan fingerprint density at radius 1 is 1.30 bits per heavy atom. The number of hydrogen-bond acceptors (Lipinski definition) is 5. The maximum Gasteiger partial charge on any atom is 0.410 e. The third kappa shape index (κ3) is 8.02. The number of hydrogen-bond donors (Lipinski definition) is 1. The van der Waals surface area contributed by atoms with Crippen LogP contribution in [0, 0.1) is 0 Å². The van der Waals surface area contributed by atoms with Crippen LogP contribution in [0.4, 0.5) is 4.79 Å². The molecule has 0 aliphatic carbocycles. The van der Waals surface area contributed by atoms with Gasteiger partial charge in [-0.1, -0.05) is 12.7 Å². The van der Waals surface area contributed by atoms with E-state index >= 15 is 0 Å². The monoisotopic (exact) mass is 378 g/mol. The van der Waals surface area contributed by atoms with E-state index in [2.05, 4.69) is 11.9 Å². The summed E-state index contributed by atoms with van der Waals surface area (Å²) < 4.78 is 16.2. The van der Waals surface area contributed by atoms with Gasteiger partial charge in [0, 0.05) is 31.1 Å². The lowest BCUT2D eigenvalue weighted by molar-refractivity contribution is -0.121. The fourth-order valence-corrected chi connectivity index (χ4v) is 2.36. The standard InChI is InChI=1S/C20H30N2O5/c1-5-12-27-20(24)22(7-3)15-16-10-11-17(25-4)14-18(16)26-13-8-9-19(23)21-6-2/h5,10-11,14H,1,6-9,12-13,15H2,2-4H3,(H,21,23). The molecule has 0 aliphatic rings. The van der Waals surface area contributed by atoms with Crippen LogP contribution in [0.25, 0.3) is 0 Å². The molecular weight excluding hydrogens is 348 g/mol. The second kappa shape index (κ2) is 12.6. The highest BCUT2D eigenvalue weighted by atomic mass is 16.6. The quantitative estimate of drug-likeness (QED) is 0.447. The summed E-state index contributed by atoms with van der Waals surface area (Å²) in [5.74, 6) is 1.30. The molecule has 0 bridgehead atoms. The summed E-state index contributed by atoms with van der Waals surface area (Å²) in [4.78, 5) is 25.2. The number of amides is 2. The average Bonchev–Trinajstić information content (AvgIpc) is 2.68. The van der Waals surface area contributed by atoms with Gasteiger partial charge in [0.2, 0.25) is 5.91 Å². The van der Waals surface area contributed by atoms with Gasteiger partial charge in [-0.05, 0) is 32.4 Å². The summed E-state index contributed by atoms with van der Waals surface area (Å²) in [6.07, 6.45) is 2.13. The SMILES string of the molecule is C=CCOC(=O)N(CC)Cc1ccc(OC)cc1OCCCC(=O)NCC. The zero-order valence-corrected chi connectivity index (χ0v) is 16.5. The molecule has 0 spiro atoms. The van der Waals surface area contributed by atoms with Gasteiger partial charge in [0.25, 0.3) is 0 Å². The van der Waals surface area contributed by atoms with Crippen molar-refractivity contribution in [1.29, 1.82) is 0 Å². The van der Waals surface area contributed by atoms with E-state index in [4.69, 9.17) is 14.2 Å². The first kappa shape index (κ1) is 22.3. The largest absolute Gasteiger partial charge is 0.497 e. The lowest BCUT2D eigenvalue weighted by atomic mass is 10.1. The van der Waals surface area contributed by atoms with Gasteiger partial charge in [0.05, 0.1) is 20.3 Å². The van der Waals surface area contributed by atoms with Crippen molar-refractivity contribution in [3.63, 3.8) is 0 Å². The van der Waals surface area contributed by atoms with E-state index < -0.39 is 6.09 Å². The third-order valence-corrected chi connectivity index (χ3v) is 3.78. The zero-order valence-electron chi connectivity index (χ0n) is 16.5.